The number of aliphatic hydroxyl groups excluding tert-OH is 1. The van der Waals surface area contributed by atoms with Crippen LogP contribution in [0.2, 0.25) is 0 Å². The number of nitrogens with zero attached hydrogens (tertiary/aromatic N) is 5. The Morgan fingerprint density at radius 1 is 1.19 bits per heavy atom. The zero-order valence-electron chi connectivity index (χ0n) is 23.7. The van der Waals surface area contributed by atoms with Crippen LogP contribution >= 0.6 is 0 Å². The van der Waals surface area contributed by atoms with Gasteiger partial charge in [-0.3, -0.25) is 9.48 Å². The third kappa shape index (κ3) is 5.47. The molecule has 2 saturated heterocycles. The van der Waals surface area contributed by atoms with Gasteiger partial charge in [0.1, 0.15) is 6.54 Å². The van der Waals surface area contributed by atoms with Crippen molar-refractivity contribution in [1.82, 2.24) is 25.1 Å². The van der Waals surface area contributed by atoms with Crippen LogP contribution in [0, 0.1) is 18.3 Å². The third-order valence-electron chi connectivity index (χ3n) is 8.52. The fourth-order valence-corrected chi connectivity index (χ4v) is 6.21. The number of aliphatic hydroxyl groups is 1. The van der Waals surface area contributed by atoms with Crippen LogP contribution in [-0.2, 0) is 22.5 Å². The number of benzene rings is 2. The average Bonchev–Trinajstić information content (AvgIpc) is 3.55. The number of carbonyl (C=O) groups excluding carboxylic acids is 1. The Balaban J connectivity index is 1.19. The van der Waals surface area contributed by atoms with Gasteiger partial charge in [-0.2, -0.15) is 10.1 Å². The molecule has 1 unspecified atom stereocenters. The van der Waals surface area contributed by atoms with E-state index in [0.717, 1.165) is 52.8 Å². The highest BCUT2D eigenvalue weighted by Gasteiger charge is 2.34. The maximum absolute atomic E-state index is 13.0. The van der Waals surface area contributed by atoms with Crippen molar-refractivity contribution in [3.8, 4) is 12.3 Å². The Kier molecular flexibility index (Phi) is 7.30. The Morgan fingerprint density at radius 3 is 2.91 bits per heavy atom. The molecule has 0 spiro atoms. The summed E-state index contributed by atoms with van der Waals surface area (Å²) in [4.78, 5) is 24.8. The van der Waals surface area contributed by atoms with E-state index in [4.69, 9.17) is 16.1 Å². The topological polar surface area (TPSA) is 129 Å². The Labute approximate surface area is 249 Å². The molecule has 0 bridgehead atoms. The van der Waals surface area contributed by atoms with E-state index in [1.54, 1.807) is 17.1 Å². The summed E-state index contributed by atoms with van der Waals surface area (Å²) in [5, 5.41) is 26.4. The molecule has 0 radical (unpaired) electrons. The number of nitrogens with one attached hydrogen (secondary N) is 3. The van der Waals surface area contributed by atoms with Gasteiger partial charge in [-0.1, -0.05) is 30.2 Å². The molecule has 220 valence electrons. The highest BCUT2D eigenvalue weighted by Crippen LogP contribution is 2.37. The number of terminal acetylenes is 1. The lowest BCUT2D eigenvalue weighted by Crippen LogP contribution is -2.52. The first-order valence-electron chi connectivity index (χ1n) is 14.7. The predicted octanol–water partition coefficient (Wildman–Crippen LogP) is 3.00. The number of rotatable bonds is 8. The fourth-order valence-electron chi connectivity index (χ4n) is 6.21. The van der Waals surface area contributed by atoms with Crippen LogP contribution in [0.1, 0.15) is 30.0 Å². The van der Waals surface area contributed by atoms with Crippen LogP contribution in [0.4, 0.5) is 23.1 Å². The van der Waals surface area contributed by atoms with Gasteiger partial charge in [0.2, 0.25) is 11.9 Å². The van der Waals surface area contributed by atoms with Gasteiger partial charge in [0.05, 0.1) is 60.9 Å². The Morgan fingerprint density at radius 2 is 2.07 bits per heavy atom. The summed E-state index contributed by atoms with van der Waals surface area (Å²) in [5.74, 6) is 3.57. The second-order valence-electron chi connectivity index (χ2n) is 11.5. The second kappa shape index (κ2) is 11.6. The van der Waals surface area contributed by atoms with E-state index < -0.39 is 6.10 Å². The predicted molar refractivity (Wildman–Crippen MR) is 164 cm³/mol. The largest absolute Gasteiger partial charge is 0.390 e. The third-order valence-corrected chi connectivity index (χ3v) is 8.52. The summed E-state index contributed by atoms with van der Waals surface area (Å²) in [5.41, 5.74) is 4.68. The van der Waals surface area contributed by atoms with E-state index in [-0.39, 0.29) is 23.9 Å². The van der Waals surface area contributed by atoms with Crippen molar-refractivity contribution in [1.29, 1.82) is 0 Å². The van der Waals surface area contributed by atoms with Crippen LogP contribution in [0.15, 0.2) is 54.9 Å². The van der Waals surface area contributed by atoms with Crippen LogP contribution in [-0.4, -0.2) is 69.2 Å². The molecule has 2 aromatic heterocycles. The zero-order valence-corrected chi connectivity index (χ0v) is 23.7. The maximum atomic E-state index is 13.0. The highest BCUT2D eigenvalue weighted by molar-refractivity contribution is 5.83. The van der Waals surface area contributed by atoms with Crippen LogP contribution in [0.3, 0.4) is 0 Å². The van der Waals surface area contributed by atoms with Crippen molar-refractivity contribution in [2.75, 3.05) is 41.8 Å². The van der Waals surface area contributed by atoms with Gasteiger partial charge in [0.25, 0.3) is 0 Å². The lowest BCUT2D eigenvalue weighted by atomic mass is 9.96. The van der Waals surface area contributed by atoms with Crippen molar-refractivity contribution < 1.29 is 14.6 Å². The summed E-state index contributed by atoms with van der Waals surface area (Å²) in [7, 11) is 0. The van der Waals surface area contributed by atoms with Gasteiger partial charge in [-0.05, 0) is 42.2 Å². The fraction of sp³-hybridized carbons (Fsp3) is 0.375. The highest BCUT2D eigenvalue weighted by atomic mass is 16.5. The van der Waals surface area contributed by atoms with Gasteiger partial charge >= 0.3 is 0 Å². The summed E-state index contributed by atoms with van der Waals surface area (Å²) < 4.78 is 7.00. The lowest BCUT2D eigenvalue weighted by Gasteiger charge is -2.36. The molecule has 1 amide bonds. The standard InChI is InChI=1S/C32H34N8O3/c1-2-11-40-26-14-23(10-9-21(26)15-34-40)36-32-33-16-27(39-12-5-7-22(17-39)31(42)35-24-18-43-19-24)30(38-32)37-29-25-8-4-3-6-20(25)13-28(29)41/h1,3-4,6,8-10,14-16,22,24,28-29,41H,5,7,11-13,17-19H2,(H,35,42)(H2,33,36,37,38)/t22?,28-,29+/m1/s1. The maximum Gasteiger partial charge on any atom is 0.229 e. The lowest BCUT2D eigenvalue weighted by molar-refractivity contribution is -0.129. The number of hydrogen-bond donors (Lipinski definition) is 4. The average molecular weight is 579 g/mol. The Bertz CT molecular complexity index is 1690. The van der Waals surface area contributed by atoms with Crippen LogP contribution in [0.5, 0.6) is 0 Å². The number of amides is 1. The molecule has 11 heteroatoms. The van der Waals surface area contributed by atoms with Crippen molar-refractivity contribution in [2.45, 2.75) is 44.0 Å². The molecule has 0 saturated carbocycles. The second-order valence-corrected chi connectivity index (χ2v) is 11.5. The van der Waals surface area contributed by atoms with E-state index in [2.05, 4.69) is 42.9 Å². The number of piperidine rings is 1. The van der Waals surface area contributed by atoms with Gasteiger partial charge in [0.15, 0.2) is 5.82 Å². The normalized spacial score (nSPS) is 21.6. The minimum atomic E-state index is -0.597. The summed E-state index contributed by atoms with van der Waals surface area (Å²) in [6, 6.07) is 13.8. The number of carbonyl (C=O) groups is 1. The monoisotopic (exact) mass is 578 g/mol. The van der Waals surface area contributed by atoms with E-state index >= 15 is 0 Å². The minimum absolute atomic E-state index is 0.0614. The van der Waals surface area contributed by atoms with Gasteiger partial charge in [0, 0.05) is 30.6 Å². The molecule has 2 aromatic carbocycles. The van der Waals surface area contributed by atoms with E-state index in [1.165, 1.54) is 0 Å². The van der Waals surface area contributed by atoms with Crippen LogP contribution < -0.4 is 20.9 Å². The zero-order chi connectivity index (χ0) is 29.3. The van der Waals surface area contributed by atoms with Gasteiger partial charge in [-0.15, -0.1) is 6.42 Å². The molecule has 7 rings (SSSR count). The molecule has 1 aliphatic carbocycles. The van der Waals surface area contributed by atoms with Crippen molar-refractivity contribution in [3.05, 3.63) is 66.0 Å². The first-order valence-corrected chi connectivity index (χ1v) is 14.7. The molecular formula is C32H34N8O3. The molecule has 3 atom stereocenters. The number of ether oxygens (including phenoxy) is 1. The van der Waals surface area contributed by atoms with Gasteiger partial charge in [-0.25, -0.2) is 4.98 Å². The molecule has 3 aliphatic rings. The molecule has 2 aliphatic heterocycles. The molecule has 4 heterocycles. The first-order chi connectivity index (χ1) is 21.1. The van der Waals surface area contributed by atoms with E-state index in [1.807, 2.05) is 36.4 Å². The molecule has 43 heavy (non-hydrogen) atoms. The summed E-state index contributed by atoms with van der Waals surface area (Å²) in [6.45, 7) is 2.86. The minimum Gasteiger partial charge on any atom is -0.390 e. The molecular weight excluding hydrogens is 544 g/mol. The molecule has 2 fully saturated rings. The molecule has 4 aromatic rings. The SMILES string of the molecule is C#CCn1ncc2ccc(Nc3ncc(N4CCCC(C(=O)NC5COC5)C4)c(N[C@H]4c5ccccc5C[C@H]4O)n3)cc21. The quantitative estimate of drug-likeness (QED) is 0.233. The van der Waals surface area contributed by atoms with Crippen molar-refractivity contribution >= 4 is 40.0 Å². The number of anilines is 4. The Hall–Kier alpha value is -4.66. The van der Waals surface area contributed by atoms with Crippen molar-refractivity contribution in [3.63, 3.8) is 0 Å². The summed E-state index contributed by atoms with van der Waals surface area (Å²) >= 11 is 0. The number of fused-ring (bicyclic) bond motifs is 2. The summed E-state index contributed by atoms with van der Waals surface area (Å²) in [6.07, 6.45) is 10.8. The van der Waals surface area contributed by atoms with Crippen LogP contribution in [0.25, 0.3) is 10.9 Å². The molecule has 11 nitrogen and oxygen atoms in total. The first kappa shape index (κ1) is 27.2. The number of hydrogen-bond acceptors (Lipinski definition) is 9. The van der Waals surface area contributed by atoms with E-state index in [9.17, 15) is 9.90 Å². The van der Waals surface area contributed by atoms with Gasteiger partial charge < -0.3 is 30.7 Å². The molecule has 4 N–H and O–H groups in total. The van der Waals surface area contributed by atoms with Crippen molar-refractivity contribution in [2.24, 2.45) is 5.92 Å². The van der Waals surface area contributed by atoms with E-state index in [0.29, 0.717) is 44.5 Å². The smallest absolute Gasteiger partial charge is 0.229 e. The number of aromatic nitrogens is 4.